The number of carbonyl (C=O) groups excluding carboxylic acids is 1. The molecule has 1 heterocycles. The third-order valence-electron chi connectivity index (χ3n) is 4.43. The molecule has 1 unspecified atom stereocenters. The number of piperidine rings is 1. The third-order valence-corrected chi connectivity index (χ3v) is 4.43. The Hall–Kier alpha value is -1.26. The molecule has 0 spiro atoms. The summed E-state index contributed by atoms with van der Waals surface area (Å²) < 4.78 is 0. The minimum Gasteiger partial charge on any atom is -0.481 e. The van der Waals surface area contributed by atoms with Crippen LogP contribution in [0.25, 0.3) is 0 Å². The lowest BCUT2D eigenvalue weighted by Crippen LogP contribution is -2.48. The smallest absolute Gasteiger partial charge is 0.317 e. The van der Waals surface area contributed by atoms with Crippen LogP contribution in [0.15, 0.2) is 0 Å². The van der Waals surface area contributed by atoms with Gasteiger partial charge in [0.05, 0.1) is 5.92 Å². The highest BCUT2D eigenvalue weighted by Crippen LogP contribution is 2.37. The second-order valence-corrected chi connectivity index (χ2v) is 6.65. The van der Waals surface area contributed by atoms with E-state index in [9.17, 15) is 9.59 Å². The summed E-state index contributed by atoms with van der Waals surface area (Å²) in [6.07, 6.45) is 4.37. The van der Waals surface area contributed by atoms with Crippen molar-refractivity contribution in [3.05, 3.63) is 0 Å². The number of nitrogens with one attached hydrogen (secondary N) is 1. The van der Waals surface area contributed by atoms with Crippen LogP contribution in [0.2, 0.25) is 0 Å². The Morgan fingerprint density at radius 3 is 2.32 bits per heavy atom. The van der Waals surface area contributed by atoms with Gasteiger partial charge in [0.25, 0.3) is 0 Å². The average Bonchev–Trinajstić information content (AvgIpc) is 2.68. The normalized spacial score (nSPS) is 27.3. The molecule has 1 saturated carbocycles. The van der Waals surface area contributed by atoms with Gasteiger partial charge < -0.3 is 15.3 Å². The fraction of sp³-hybridized carbons (Fsp3) is 0.857. The van der Waals surface area contributed by atoms with Crippen molar-refractivity contribution < 1.29 is 14.7 Å². The van der Waals surface area contributed by atoms with Crippen molar-refractivity contribution in [3.8, 4) is 0 Å². The van der Waals surface area contributed by atoms with Crippen LogP contribution in [0.1, 0.15) is 46.0 Å². The lowest BCUT2D eigenvalue weighted by Gasteiger charge is -2.31. The van der Waals surface area contributed by atoms with Crippen LogP contribution >= 0.6 is 0 Å². The van der Waals surface area contributed by atoms with Crippen molar-refractivity contribution in [2.24, 2.45) is 11.3 Å². The van der Waals surface area contributed by atoms with Crippen LogP contribution in [-0.4, -0.2) is 41.1 Å². The number of hydrogen-bond donors (Lipinski definition) is 2. The van der Waals surface area contributed by atoms with Crippen molar-refractivity contribution in [2.45, 2.75) is 52.0 Å². The summed E-state index contributed by atoms with van der Waals surface area (Å²) in [6.45, 7) is 5.58. The minimum atomic E-state index is -0.738. The largest absolute Gasteiger partial charge is 0.481 e. The van der Waals surface area contributed by atoms with Crippen molar-refractivity contribution in [1.82, 2.24) is 10.2 Å². The lowest BCUT2D eigenvalue weighted by molar-refractivity contribution is -0.143. The van der Waals surface area contributed by atoms with Gasteiger partial charge in [-0.2, -0.15) is 0 Å². The van der Waals surface area contributed by atoms with Gasteiger partial charge in [0.1, 0.15) is 0 Å². The Balaban J connectivity index is 1.77. The van der Waals surface area contributed by atoms with Gasteiger partial charge in [0, 0.05) is 19.1 Å². The average molecular weight is 268 g/mol. The van der Waals surface area contributed by atoms with Gasteiger partial charge in [0.15, 0.2) is 0 Å². The Bertz CT molecular complexity index is 360. The number of aliphatic carboxylic acids is 1. The highest BCUT2D eigenvalue weighted by atomic mass is 16.4. The maximum atomic E-state index is 12.1. The SMILES string of the molecule is CC1(C)CCC(NC(=O)N2CCC(C(=O)O)CC2)C1. The standard InChI is InChI=1S/C14H24N2O3/c1-14(2)6-3-11(9-14)15-13(19)16-7-4-10(5-8-16)12(17)18/h10-11H,3-9H2,1-2H3,(H,15,19)(H,17,18). The van der Waals surface area contributed by atoms with Crippen molar-refractivity contribution in [1.29, 1.82) is 0 Å². The van der Waals surface area contributed by atoms with Crippen LogP contribution in [0, 0.1) is 11.3 Å². The van der Waals surface area contributed by atoms with Crippen molar-refractivity contribution in [2.75, 3.05) is 13.1 Å². The number of hydrogen-bond acceptors (Lipinski definition) is 2. The lowest BCUT2D eigenvalue weighted by atomic mass is 9.92. The van der Waals surface area contributed by atoms with Gasteiger partial charge in [-0.1, -0.05) is 13.8 Å². The van der Waals surface area contributed by atoms with Gasteiger partial charge in [-0.25, -0.2) is 4.79 Å². The monoisotopic (exact) mass is 268 g/mol. The zero-order chi connectivity index (χ0) is 14.0. The van der Waals surface area contributed by atoms with Gasteiger partial charge in [-0.3, -0.25) is 4.79 Å². The number of urea groups is 1. The third kappa shape index (κ3) is 3.61. The van der Waals surface area contributed by atoms with E-state index in [4.69, 9.17) is 5.11 Å². The molecule has 5 nitrogen and oxygen atoms in total. The molecule has 0 aromatic rings. The van der Waals surface area contributed by atoms with E-state index in [1.54, 1.807) is 4.90 Å². The van der Waals surface area contributed by atoms with Crippen LogP contribution in [0.4, 0.5) is 4.79 Å². The molecule has 2 fully saturated rings. The maximum Gasteiger partial charge on any atom is 0.317 e. The Labute approximate surface area is 114 Å². The van der Waals surface area contributed by atoms with Crippen molar-refractivity contribution in [3.63, 3.8) is 0 Å². The van der Waals surface area contributed by atoms with E-state index in [2.05, 4.69) is 19.2 Å². The molecular formula is C14H24N2O3. The zero-order valence-corrected chi connectivity index (χ0v) is 11.8. The molecule has 5 heteroatoms. The summed E-state index contributed by atoms with van der Waals surface area (Å²) in [5, 5.41) is 12.0. The number of rotatable bonds is 2. The molecule has 1 aliphatic carbocycles. The molecule has 0 aromatic carbocycles. The van der Waals surface area contributed by atoms with E-state index in [0.29, 0.717) is 31.3 Å². The summed E-state index contributed by atoms with van der Waals surface area (Å²) in [4.78, 5) is 24.7. The highest BCUT2D eigenvalue weighted by Gasteiger charge is 2.33. The maximum absolute atomic E-state index is 12.1. The van der Waals surface area contributed by atoms with E-state index in [1.165, 1.54) is 0 Å². The number of carboxylic acid groups (broad SMARTS) is 1. The van der Waals surface area contributed by atoms with Crippen molar-refractivity contribution >= 4 is 12.0 Å². The fourth-order valence-electron chi connectivity index (χ4n) is 3.15. The summed E-state index contributed by atoms with van der Waals surface area (Å²) in [5.41, 5.74) is 0.328. The molecule has 19 heavy (non-hydrogen) atoms. The Kier molecular flexibility index (Phi) is 4.02. The Morgan fingerprint density at radius 1 is 1.21 bits per heavy atom. The number of nitrogens with zero attached hydrogens (tertiary/aromatic N) is 1. The quantitative estimate of drug-likeness (QED) is 0.805. The van der Waals surface area contributed by atoms with Crippen LogP contribution in [0.3, 0.4) is 0 Å². The molecule has 1 aliphatic heterocycles. The molecule has 1 saturated heterocycles. The van der Waals surface area contributed by atoms with E-state index in [-0.39, 0.29) is 18.0 Å². The molecule has 2 amide bonds. The first-order valence-corrected chi connectivity index (χ1v) is 7.16. The fourth-order valence-corrected chi connectivity index (χ4v) is 3.15. The number of carbonyl (C=O) groups is 2. The first kappa shape index (κ1) is 14.2. The number of likely N-dealkylation sites (tertiary alicyclic amines) is 1. The minimum absolute atomic E-state index is 0.0217. The summed E-state index contributed by atoms with van der Waals surface area (Å²) in [7, 11) is 0. The first-order chi connectivity index (χ1) is 8.87. The Morgan fingerprint density at radius 2 is 1.84 bits per heavy atom. The molecule has 2 rings (SSSR count). The molecule has 0 bridgehead atoms. The second kappa shape index (κ2) is 5.39. The highest BCUT2D eigenvalue weighted by molar-refractivity contribution is 5.75. The van der Waals surface area contributed by atoms with Gasteiger partial charge >= 0.3 is 12.0 Å². The van der Waals surface area contributed by atoms with E-state index in [0.717, 1.165) is 19.3 Å². The second-order valence-electron chi connectivity index (χ2n) is 6.65. The molecule has 108 valence electrons. The van der Waals surface area contributed by atoms with E-state index >= 15 is 0 Å². The molecule has 1 atom stereocenters. The van der Waals surface area contributed by atoms with Gasteiger partial charge in [-0.15, -0.1) is 0 Å². The molecule has 2 aliphatic rings. The molecule has 2 N–H and O–H groups in total. The topological polar surface area (TPSA) is 69.6 Å². The predicted molar refractivity (Wildman–Crippen MR) is 71.9 cm³/mol. The molecule has 0 aromatic heterocycles. The molecule has 0 radical (unpaired) electrons. The summed E-state index contributed by atoms with van der Waals surface area (Å²) in [6, 6.07) is 0.256. The predicted octanol–water partition coefficient (Wildman–Crippen LogP) is 2.07. The van der Waals surface area contributed by atoms with Crippen LogP contribution in [0.5, 0.6) is 0 Å². The molecular weight excluding hydrogens is 244 g/mol. The van der Waals surface area contributed by atoms with Gasteiger partial charge in [0.2, 0.25) is 0 Å². The number of amides is 2. The summed E-state index contributed by atoms with van der Waals surface area (Å²) in [5.74, 6) is -1.02. The van der Waals surface area contributed by atoms with Gasteiger partial charge in [-0.05, 0) is 37.5 Å². The van der Waals surface area contributed by atoms with E-state index in [1.807, 2.05) is 0 Å². The van der Waals surface area contributed by atoms with E-state index < -0.39 is 5.97 Å². The van der Waals surface area contributed by atoms with Crippen LogP contribution < -0.4 is 5.32 Å². The van der Waals surface area contributed by atoms with Crippen LogP contribution in [-0.2, 0) is 4.79 Å². The summed E-state index contributed by atoms with van der Waals surface area (Å²) >= 11 is 0. The first-order valence-electron chi connectivity index (χ1n) is 7.16. The number of carboxylic acids is 1. The zero-order valence-electron chi connectivity index (χ0n) is 11.8.